The molecular weight excluding hydrogens is 349 g/mol. The second kappa shape index (κ2) is 7.36. The first-order valence-electron chi connectivity index (χ1n) is 8.44. The maximum Gasteiger partial charge on any atom is 0.163 e. The third-order valence-electron chi connectivity index (χ3n) is 4.06. The number of nitrogen functional groups attached to an aromatic ring is 1. The van der Waals surface area contributed by atoms with Gasteiger partial charge in [-0.25, -0.2) is 14.4 Å². The number of halogens is 1. The molecule has 0 saturated heterocycles. The molecule has 0 unspecified atom stereocenters. The van der Waals surface area contributed by atoms with Crippen LogP contribution < -0.4 is 25.8 Å². The molecule has 7 nitrogen and oxygen atoms in total. The van der Waals surface area contributed by atoms with Gasteiger partial charge in [0.2, 0.25) is 0 Å². The number of nitrogens with two attached hydrogens (primary N) is 1. The number of aromatic nitrogens is 2. The smallest absolute Gasteiger partial charge is 0.163 e. The molecule has 0 aliphatic carbocycles. The molecule has 0 amide bonds. The highest BCUT2D eigenvalue weighted by molar-refractivity contribution is 5.78. The molecule has 27 heavy (non-hydrogen) atoms. The van der Waals surface area contributed by atoms with Crippen molar-refractivity contribution in [3.63, 3.8) is 0 Å². The molecule has 0 saturated carbocycles. The monoisotopic (exact) mass is 367 g/mol. The largest absolute Gasteiger partial charge is 0.486 e. The van der Waals surface area contributed by atoms with Gasteiger partial charge >= 0.3 is 0 Å². The van der Waals surface area contributed by atoms with E-state index in [0.29, 0.717) is 48.6 Å². The van der Waals surface area contributed by atoms with Crippen LogP contribution in [0.4, 0.5) is 27.4 Å². The van der Waals surface area contributed by atoms with E-state index in [2.05, 4.69) is 20.6 Å². The number of benzene rings is 2. The Balaban J connectivity index is 1.49. The highest BCUT2D eigenvalue weighted by Crippen LogP contribution is 2.34. The summed E-state index contributed by atoms with van der Waals surface area (Å²) in [6, 6.07) is 11.8. The van der Waals surface area contributed by atoms with Crippen LogP contribution in [0, 0.1) is 5.82 Å². The molecule has 2 heterocycles. The molecule has 1 aromatic heterocycles. The van der Waals surface area contributed by atoms with Crippen molar-refractivity contribution in [3.05, 3.63) is 60.2 Å². The van der Waals surface area contributed by atoms with Crippen molar-refractivity contribution < 1.29 is 13.9 Å². The molecule has 4 rings (SSSR count). The first kappa shape index (κ1) is 16.9. The van der Waals surface area contributed by atoms with Crippen LogP contribution in [0.2, 0.25) is 0 Å². The van der Waals surface area contributed by atoms with E-state index in [1.165, 1.54) is 18.5 Å². The van der Waals surface area contributed by atoms with E-state index in [1.54, 1.807) is 12.1 Å². The van der Waals surface area contributed by atoms with Gasteiger partial charge in [0, 0.05) is 18.3 Å². The van der Waals surface area contributed by atoms with Gasteiger partial charge in [-0.3, -0.25) is 0 Å². The molecule has 4 N–H and O–H groups in total. The second-order valence-corrected chi connectivity index (χ2v) is 5.95. The molecule has 0 fully saturated rings. The molecule has 3 aromatic rings. The molecule has 1 aliphatic heterocycles. The lowest BCUT2D eigenvalue weighted by Gasteiger charge is -2.19. The maximum absolute atomic E-state index is 13.0. The summed E-state index contributed by atoms with van der Waals surface area (Å²) in [6.07, 6.45) is 1.42. The zero-order valence-electron chi connectivity index (χ0n) is 14.4. The van der Waals surface area contributed by atoms with Gasteiger partial charge in [-0.1, -0.05) is 12.1 Å². The Morgan fingerprint density at radius 2 is 1.70 bits per heavy atom. The number of anilines is 4. The molecule has 8 heteroatoms. The molecule has 0 radical (unpaired) electrons. The molecular formula is C19H18FN5O2. The van der Waals surface area contributed by atoms with Gasteiger partial charge in [0.25, 0.3) is 0 Å². The summed E-state index contributed by atoms with van der Waals surface area (Å²) in [5.41, 5.74) is 8.26. The van der Waals surface area contributed by atoms with Crippen molar-refractivity contribution in [2.24, 2.45) is 0 Å². The first-order valence-corrected chi connectivity index (χ1v) is 8.44. The Morgan fingerprint density at radius 1 is 0.963 bits per heavy atom. The fourth-order valence-electron chi connectivity index (χ4n) is 2.68. The van der Waals surface area contributed by atoms with Crippen molar-refractivity contribution >= 4 is 23.0 Å². The van der Waals surface area contributed by atoms with Crippen molar-refractivity contribution in [1.82, 2.24) is 9.97 Å². The number of fused-ring (bicyclic) bond motifs is 1. The summed E-state index contributed by atoms with van der Waals surface area (Å²) in [7, 11) is 0. The van der Waals surface area contributed by atoms with Crippen molar-refractivity contribution in [3.8, 4) is 11.5 Å². The third-order valence-corrected chi connectivity index (χ3v) is 4.06. The minimum atomic E-state index is -0.272. The predicted molar refractivity (Wildman–Crippen MR) is 101 cm³/mol. The van der Waals surface area contributed by atoms with Crippen LogP contribution >= 0.6 is 0 Å². The van der Waals surface area contributed by atoms with Crippen LogP contribution in [-0.2, 0) is 6.54 Å². The van der Waals surface area contributed by atoms with Gasteiger partial charge < -0.3 is 25.8 Å². The first-order chi connectivity index (χ1) is 13.2. The summed E-state index contributed by atoms with van der Waals surface area (Å²) in [5, 5.41) is 6.31. The fraction of sp³-hybridized carbons (Fsp3) is 0.158. The van der Waals surface area contributed by atoms with Crippen LogP contribution in [0.15, 0.2) is 48.8 Å². The number of rotatable bonds is 5. The number of hydrogen-bond donors (Lipinski definition) is 3. The quantitative estimate of drug-likeness (QED) is 0.637. The maximum atomic E-state index is 13.0. The standard InChI is InChI=1S/C19H18FN5O2/c20-13-3-1-12(2-4-13)10-22-18-17(21)19(24-11-23-18)25-14-5-6-15-16(9-14)27-8-7-26-15/h1-6,9,11H,7-8,10,21H2,(H2,22,23,24,25). The van der Waals surface area contributed by atoms with Gasteiger partial charge in [0.1, 0.15) is 31.0 Å². The topological polar surface area (TPSA) is 94.3 Å². The van der Waals surface area contributed by atoms with Gasteiger partial charge in [-0.2, -0.15) is 0 Å². The zero-order chi connectivity index (χ0) is 18.6. The van der Waals surface area contributed by atoms with Gasteiger partial charge in [-0.15, -0.1) is 0 Å². The lowest BCUT2D eigenvalue weighted by Crippen LogP contribution is -2.15. The highest BCUT2D eigenvalue weighted by atomic mass is 19.1. The number of hydrogen-bond acceptors (Lipinski definition) is 7. The number of nitrogens with zero attached hydrogens (tertiary/aromatic N) is 2. The average Bonchev–Trinajstić information content (AvgIpc) is 2.70. The fourth-order valence-corrected chi connectivity index (χ4v) is 2.68. The Morgan fingerprint density at radius 3 is 2.52 bits per heavy atom. The predicted octanol–water partition coefficient (Wildman–Crippen LogP) is 3.32. The van der Waals surface area contributed by atoms with Crippen LogP contribution in [0.5, 0.6) is 11.5 Å². The molecule has 138 valence electrons. The molecule has 2 aromatic carbocycles. The van der Waals surface area contributed by atoms with Gasteiger partial charge in [-0.05, 0) is 29.8 Å². The van der Waals surface area contributed by atoms with E-state index in [9.17, 15) is 4.39 Å². The summed E-state index contributed by atoms with van der Waals surface area (Å²) < 4.78 is 24.1. The normalized spacial score (nSPS) is 12.5. The van der Waals surface area contributed by atoms with E-state index in [1.807, 2.05) is 18.2 Å². The number of nitrogens with one attached hydrogen (secondary N) is 2. The Hall–Kier alpha value is -3.55. The van der Waals surface area contributed by atoms with Crippen LogP contribution in [0.3, 0.4) is 0 Å². The van der Waals surface area contributed by atoms with E-state index in [-0.39, 0.29) is 5.82 Å². The molecule has 0 atom stereocenters. The lowest BCUT2D eigenvalue weighted by atomic mass is 10.2. The SMILES string of the molecule is Nc1c(NCc2ccc(F)cc2)ncnc1Nc1ccc2c(c1)OCCO2. The highest BCUT2D eigenvalue weighted by Gasteiger charge is 2.13. The van der Waals surface area contributed by atoms with Gasteiger partial charge in [0.15, 0.2) is 23.1 Å². The Kier molecular flexibility index (Phi) is 4.61. The molecule has 1 aliphatic rings. The van der Waals surface area contributed by atoms with Crippen molar-refractivity contribution in [2.75, 3.05) is 29.6 Å². The van der Waals surface area contributed by atoms with E-state index in [0.717, 1.165) is 11.3 Å². The Labute approximate surface area is 155 Å². The minimum Gasteiger partial charge on any atom is -0.486 e. The van der Waals surface area contributed by atoms with E-state index < -0.39 is 0 Å². The third kappa shape index (κ3) is 3.84. The minimum absolute atomic E-state index is 0.272. The lowest BCUT2D eigenvalue weighted by molar-refractivity contribution is 0.171. The Bertz CT molecular complexity index is 949. The van der Waals surface area contributed by atoms with E-state index >= 15 is 0 Å². The van der Waals surface area contributed by atoms with Crippen LogP contribution in [-0.4, -0.2) is 23.2 Å². The van der Waals surface area contributed by atoms with Crippen molar-refractivity contribution in [2.45, 2.75) is 6.54 Å². The molecule has 0 bridgehead atoms. The molecule has 0 spiro atoms. The van der Waals surface area contributed by atoms with Crippen LogP contribution in [0.25, 0.3) is 0 Å². The average molecular weight is 367 g/mol. The second-order valence-electron chi connectivity index (χ2n) is 5.95. The van der Waals surface area contributed by atoms with Crippen LogP contribution in [0.1, 0.15) is 5.56 Å². The van der Waals surface area contributed by atoms with Gasteiger partial charge in [0.05, 0.1) is 0 Å². The summed E-state index contributed by atoms with van der Waals surface area (Å²) in [5.74, 6) is 2.08. The zero-order valence-corrected chi connectivity index (χ0v) is 14.4. The summed E-state index contributed by atoms with van der Waals surface area (Å²) >= 11 is 0. The number of ether oxygens (including phenoxy) is 2. The summed E-state index contributed by atoms with van der Waals surface area (Å²) in [6.45, 7) is 1.52. The van der Waals surface area contributed by atoms with E-state index in [4.69, 9.17) is 15.2 Å². The summed E-state index contributed by atoms with van der Waals surface area (Å²) in [4.78, 5) is 8.38. The van der Waals surface area contributed by atoms with Crippen molar-refractivity contribution in [1.29, 1.82) is 0 Å².